The molecule has 174 valence electrons. The molecule has 0 spiro atoms. The van der Waals surface area contributed by atoms with Gasteiger partial charge in [-0.3, -0.25) is 9.69 Å². The number of carbonyl (C=O) groups excluding carboxylic acids is 3. The Bertz CT molecular complexity index is 599. The minimum Gasteiger partial charge on any atom is -0.444 e. The van der Waals surface area contributed by atoms with Crippen molar-refractivity contribution >= 4 is 29.1 Å². The Morgan fingerprint density at radius 2 is 1.67 bits per heavy atom. The van der Waals surface area contributed by atoms with Gasteiger partial charge < -0.3 is 19.1 Å². The predicted molar refractivity (Wildman–Crippen MR) is 117 cm³/mol. The normalized spacial score (nSPS) is 19.5. The van der Waals surface area contributed by atoms with E-state index in [1.807, 2.05) is 41.5 Å². The molecule has 0 aromatic rings. The average molecular weight is 447 g/mol. The number of hydrogen-bond donors (Lipinski definition) is 0. The number of carbonyl (C=O) groups is 3. The van der Waals surface area contributed by atoms with Crippen LogP contribution in [0.3, 0.4) is 0 Å². The molecule has 2 atom stereocenters. The Balaban J connectivity index is 2.48. The predicted octanol–water partition coefficient (Wildman–Crippen LogP) is 4.27. The molecule has 1 heterocycles. The minimum atomic E-state index is -0.567. The summed E-state index contributed by atoms with van der Waals surface area (Å²) in [6.45, 7) is 13.6. The van der Waals surface area contributed by atoms with Crippen molar-refractivity contribution in [3.05, 3.63) is 0 Å². The second-order valence-corrected chi connectivity index (χ2v) is 11.1. The van der Waals surface area contributed by atoms with Crippen molar-refractivity contribution in [1.29, 1.82) is 0 Å². The zero-order valence-corrected chi connectivity index (χ0v) is 20.5. The van der Waals surface area contributed by atoms with E-state index in [-0.39, 0.29) is 29.2 Å². The second kappa shape index (κ2) is 11.2. The lowest BCUT2D eigenvalue weighted by molar-refractivity contribution is -0.109. The molecule has 0 bridgehead atoms. The standard InChI is InChI=1S/C21H38N2O6S/c1-15(24)30-17-12-16(23(13-17)19(26)29-21(5,6)7)10-9-11-27-14-22(8)18(25)28-20(2,3)4/h16-17H,9-14H2,1-8H3/t16-,17-/m0/s1. The van der Waals surface area contributed by atoms with E-state index in [4.69, 9.17) is 14.2 Å². The Kier molecular flexibility index (Phi) is 9.94. The van der Waals surface area contributed by atoms with Crippen LogP contribution in [0, 0.1) is 0 Å². The van der Waals surface area contributed by atoms with Crippen LogP contribution in [-0.2, 0) is 19.0 Å². The van der Waals surface area contributed by atoms with Crippen molar-refractivity contribution in [1.82, 2.24) is 9.80 Å². The van der Waals surface area contributed by atoms with Gasteiger partial charge in [-0.15, -0.1) is 0 Å². The summed E-state index contributed by atoms with van der Waals surface area (Å²) < 4.78 is 16.4. The van der Waals surface area contributed by atoms with Gasteiger partial charge in [-0.1, -0.05) is 11.8 Å². The first-order chi connectivity index (χ1) is 13.7. The van der Waals surface area contributed by atoms with E-state index in [2.05, 4.69) is 0 Å². The molecular formula is C21H38N2O6S. The molecule has 30 heavy (non-hydrogen) atoms. The van der Waals surface area contributed by atoms with Gasteiger partial charge in [0.05, 0.1) is 0 Å². The summed E-state index contributed by atoms with van der Waals surface area (Å²) >= 11 is 1.28. The topological polar surface area (TPSA) is 85.4 Å². The Hall–Kier alpha value is -1.48. The van der Waals surface area contributed by atoms with Gasteiger partial charge in [0.2, 0.25) is 0 Å². The SMILES string of the molecule is CC(=O)S[C@H]1C[C@H](CCCOCN(C)C(=O)OC(C)(C)C)N(C(=O)OC(C)(C)C)C1. The quantitative estimate of drug-likeness (QED) is 0.426. The molecule has 1 fully saturated rings. The van der Waals surface area contributed by atoms with Crippen LogP contribution < -0.4 is 0 Å². The van der Waals surface area contributed by atoms with E-state index in [9.17, 15) is 14.4 Å². The van der Waals surface area contributed by atoms with Gasteiger partial charge in [0.15, 0.2) is 5.12 Å². The minimum absolute atomic E-state index is 0.00360. The lowest BCUT2D eigenvalue weighted by Gasteiger charge is -2.28. The molecule has 0 unspecified atom stereocenters. The largest absolute Gasteiger partial charge is 0.444 e. The van der Waals surface area contributed by atoms with Gasteiger partial charge in [-0.25, -0.2) is 9.59 Å². The van der Waals surface area contributed by atoms with E-state index in [1.165, 1.54) is 16.7 Å². The van der Waals surface area contributed by atoms with Crippen molar-refractivity contribution < 1.29 is 28.6 Å². The summed E-state index contributed by atoms with van der Waals surface area (Å²) in [6, 6.07) is 0.00360. The summed E-state index contributed by atoms with van der Waals surface area (Å²) in [6.07, 6.45) is 1.44. The Morgan fingerprint density at radius 1 is 1.07 bits per heavy atom. The molecule has 1 rings (SSSR count). The molecule has 8 nitrogen and oxygen atoms in total. The molecule has 2 amide bonds. The third-order valence-electron chi connectivity index (χ3n) is 4.15. The van der Waals surface area contributed by atoms with E-state index in [0.29, 0.717) is 13.2 Å². The van der Waals surface area contributed by atoms with Crippen LogP contribution in [0.25, 0.3) is 0 Å². The molecule has 1 aliphatic heterocycles. The summed E-state index contributed by atoms with van der Waals surface area (Å²) in [7, 11) is 1.62. The molecule has 0 saturated carbocycles. The smallest absolute Gasteiger partial charge is 0.411 e. The fraction of sp³-hybridized carbons (Fsp3) is 0.857. The first-order valence-electron chi connectivity index (χ1n) is 10.4. The fourth-order valence-corrected chi connectivity index (χ4v) is 4.05. The van der Waals surface area contributed by atoms with Crippen molar-refractivity contribution in [2.45, 2.75) is 90.2 Å². The van der Waals surface area contributed by atoms with E-state index < -0.39 is 17.3 Å². The lowest BCUT2D eigenvalue weighted by Crippen LogP contribution is -2.40. The molecule has 1 aliphatic rings. The maximum atomic E-state index is 12.6. The molecule has 9 heteroatoms. The van der Waals surface area contributed by atoms with Crippen LogP contribution in [0.5, 0.6) is 0 Å². The van der Waals surface area contributed by atoms with Gasteiger partial charge in [0, 0.05) is 38.4 Å². The Labute approximate surface area is 185 Å². The molecule has 0 aromatic carbocycles. The van der Waals surface area contributed by atoms with Gasteiger partial charge in [0.1, 0.15) is 17.9 Å². The van der Waals surface area contributed by atoms with Gasteiger partial charge in [-0.05, 0) is 60.8 Å². The maximum absolute atomic E-state index is 12.6. The van der Waals surface area contributed by atoms with Crippen LogP contribution in [-0.4, -0.2) is 76.5 Å². The van der Waals surface area contributed by atoms with Crippen molar-refractivity contribution in [2.24, 2.45) is 0 Å². The van der Waals surface area contributed by atoms with Gasteiger partial charge in [0.25, 0.3) is 0 Å². The lowest BCUT2D eigenvalue weighted by atomic mass is 10.1. The molecule has 0 N–H and O–H groups in total. The van der Waals surface area contributed by atoms with Crippen LogP contribution >= 0.6 is 11.8 Å². The Morgan fingerprint density at radius 3 is 2.20 bits per heavy atom. The van der Waals surface area contributed by atoms with Gasteiger partial charge in [-0.2, -0.15) is 0 Å². The third kappa shape index (κ3) is 10.5. The first-order valence-corrected chi connectivity index (χ1v) is 11.2. The van der Waals surface area contributed by atoms with E-state index >= 15 is 0 Å². The highest BCUT2D eigenvalue weighted by molar-refractivity contribution is 8.14. The van der Waals surface area contributed by atoms with Crippen molar-refractivity contribution in [3.8, 4) is 0 Å². The number of ether oxygens (including phenoxy) is 3. The van der Waals surface area contributed by atoms with Crippen LogP contribution in [0.1, 0.15) is 67.7 Å². The number of amides is 2. The highest BCUT2D eigenvalue weighted by atomic mass is 32.2. The second-order valence-electron chi connectivity index (χ2n) is 9.61. The molecular weight excluding hydrogens is 408 g/mol. The van der Waals surface area contributed by atoms with E-state index in [1.54, 1.807) is 18.9 Å². The number of thioether (sulfide) groups is 1. The maximum Gasteiger partial charge on any atom is 0.411 e. The highest BCUT2D eigenvalue weighted by Crippen LogP contribution is 2.31. The zero-order chi connectivity index (χ0) is 23.1. The van der Waals surface area contributed by atoms with Crippen LogP contribution in [0.2, 0.25) is 0 Å². The zero-order valence-electron chi connectivity index (χ0n) is 19.6. The molecule has 0 radical (unpaired) electrons. The highest BCUT2D eigenvalue weighted by Gasteiger charge is 2.38. The summed E-state index contributed by atoms with van der Waals surface area (Å²) in [5.74, 6) is 0. The fourth-order valence-electron chi connectivity index (χ4n) is 3.03. The van der Waals surface area contributed by atoms with Crippen LogP contribution in [0.15, 0.2) is 0 Å². The van der Waals surface area contributed by atoms with Gasteiger partial charge >= 0.3 is 12.2 Å². The number of nitrogens with zero attached hydrogens (tertiary/aromatic N) is 2. The van der Waals surface area contributed by atoms with E-state index in [0.717, 1.165) is 19.3 Å². The molecule has 0 aliphatic carbocycles. The first kappa shape index (κ1) is 26.6. The third-order valence-corrected chi connectivity index (χ3v) is 5.16. The average Bonchev–Trinajstić information content (AvgIpc) is 2.93. The number of likely N-dealkylation sites (tertiary alicyclic amines) is 1. The number of hydrogen-bond acceptors (Lipinski definition) is 7. The molecule has 1 saturated heterocycles. The number of rotatable bonds is 7. The summed E-state index contributed by atoms with van der Waals surface area (Å²) in [4.78, 5) is 39.1. The van der Waals surface area contributed by atoms with Crippen LogP contribution in [0.4, 0.5) is 9.59 Å². The molecule has 0 aromatic heterocycles. The summed E-state index contributed by atoms with van der Waals surface area (Å²) in [5, 5.41) is 0.137. The van der Waals surface area contributed by atoms with Crippen molar-refractivity contribution in [3.63, 3.8) is 0 Å². The monoisotopic (exact) mass is 446 g/mol. The summed E-state index contributed by atoms with van der Waals surface area (Å²) in [5.41, 5.74) is -1.11. The van der Waals surface area contributed by atoms with Crippen molar-refractivity contribution in [2.75, 3.05) is 26.9 Å².